The number of azo groups is 1. The third-order valence-corrected chi connectivity index (χ3v) is 6.91. The fourth-order valence-electron chi connectivity index (χ4n) is 4.01. The Hall–Kier alpha value is -2.51. The van der Waals surface area contributed by atoms with E-state index in [1.165, 1.54) is 12.0 Å². The zero-order valence-corrected chi connectivity index (χ0v) is 16.9. The molecule has 1 aromatic carbocycles. The number of esters is 1. The van der Waals surface area contributed by atoms with Gasteiger partial charge < -0.3 is 4.74 Å². The number of rotatable bonds is 2. The van der Waals surface area contributed by atoms with Crippen molar-refractivity contribution in [3.8, 4) is 0 Å². The largest absolute Gasteiger partial charge is 0.469 e. The number of ether oxygens (including phenoxy) is 1. The number of anilines is 1. The van der Waals surface area contributed by atoms with Crippen molar-refractivity contribution in [3.63, 3.8) is 0 Å². The first-order valence-corrected chi connectivity index (χ1v) is 10.2. The van der Waals surface area contributed by atoms with Crippen LogP contribution in [0.3, 0.4) is 0 Å². The van der Waals surface area contributed by atoms with Crippen LogP contribution >= 0.6 is 22.9 Å². The summed E-state index contributed by atoms with van der Waals surface area (Å²) in [5, 5.41) is 10.3. The molecule has 0 fully saturated rings. The Morgan fingerprint density at radius 3 is 2.93 bits per heavy atom. The summed E-state index contributed by atoms with van der Waals surface area (Å²) in [5.41, 5.74) is 3.87. The number of thiophene rings is 1. The first kappa shape index (κ1) is 17.6. The zero-order chi connectivity index (χ0) is 19.4. The van der Waals surface area contributed by atoms with Crippen LogP contribution in [0.25, 0.3) is 0 Å². The predicted molar refractivity (Wildman–Crippen MR) is 109 cm³/mol. The monoisotopic (exact) mass is 412 g/mol. The number of nitrogens with zero attached hydrogens (tertiary/aromatic N) is 4. The van der Waals surface area contributed by atoms with Crippen molar-refractivity contribution < 1.29 is 9.53 Å². The highest BCUT2D eigenvalue weighted by Gasteiger charge is 2.39. The number of carbonyl (C=O) groups is 1. The minimum absolute atomic E-state index is 0.0963. The van der Waals surface area contributed by atoms with Crippen LogP contribution in [0.5, 0.6) is 0 Å². The van der Waals surface area contributed by atoms with Crippen molar-refractivity contribution in [1.82, 2.24) is 0 Å². The number of fused-ring (bicyclic) bond motifs is 5. The van der Waals surface area contributed by atoms with E-state index in [4.69, 9.17) is 21.3 Å². The Kier molecular flexibility index (Phi) is 4.10. The number of hydrogen-bond acceptors (Lipinski definition) is 7. The normalized spacial score (nSPS) is 22.2. The van der Waals surface area contributed by atoms with E-state index in [0.29, 0.717) is 17.9 Å². The summed E-state index contributed by atoms with van der Waals surface area (Å²) in [4.78, 5) is 20.2. The summed E-state index contributed by atoms with van der Waals surface area (Å²) in [6.07, 6.45) is 2.98. The minimum Gasteiger partial charge on any atom is -0.469 e. The van der Waals surface area contributed by atoms with Gasteiger partial charge in [0.15, 0.2) is 5.82 Å². The lowest BCUT2D eigenvalue weighted by Gasteiger charge is -2.21. The van der Waals surface area contributed by atoms with Gasteiger partial charge in [0.1, 0.15) is 11.2 Å². The van der Waals surface area contributed by atoms with Gasteiger partial charge >= 0.3 is 5.97 Å². The molecule has 0 N–H and O–H groups in total. The molecular weight excluding hydrogens is 396 g/mol. The number of halogens is 1. The van der Waals surface area contributed by atoms with Crippen molar-refractivity contribution in [3.05, 3.63) is 62.9 Å². The van der Waals surface area contributed by atoms with Crippen LogP contribution in [0.15, 0.2) is 51.5 Å². The molecule has 3 aliphatic rings. The molecule has 5 rings (SSSR count). The molecule has 28 heavy (non-hydrogen) atoms. The van der Waals surface area contributed by atoms with E-state index >= 15 is 0 Å². The first-order chi connectivity index (χ1) is 13.6. The molecule has 0 amide bonds. The van der Waals surface area contributed by atoms with Gasteiger partial charge in [0, 0.05) is 21.0 Å². The maximum Gasteiger partial charge on any atom is 0.309 e. The molecule has 0 saturated carbocycles. The Balaban J connectivity index is 1.71. The van der Waals surface area contributed by atoms with Gasteiger partial charge in [-0.15, -0.1) is 16.5 Å². The van der Waals surface area contributed by atoms with E-state index in [1.807, 2.05) is 31.2 Å². The second-order valence-corrected chi connectivity index (χ2v) is 8.47. The first-order valence-electron chi connectivity index (χ1n) is 9.04. The van der Waals surface area contributed by atoms with E-state index < -0.39 is 0 Å². The maximum atomic E-state index is 12.1. The van der Waals surface area contributed by atoms with Crippen molar-refractivity contribution in [2.45, 2.75) is 25.9 Å². The Labute approximate surface area is 171 Å². The molecule has 0 saturated heterocycles. The van der Waals surface area contributed by atoms with E-state index in [9.17, 15) is 4.79 Å². The zero-order valence-electron chi connectivity index (χ0n) is 15.3. The highest BCUT2D eigenvalue weighted by molar-refractivity contribution is 7.17. The van der Waals surface area contributed by atoms with Crippen LogP contribution in [0.2, 0.25) is 5.02 Å². The smallest absolute Gasteiger partial charge is 0.309 e. The van der Waals surface area contributed by atoms with Gasteiger partial charge in [0.25, 0.3) is 0 Å². The average molecular weight is 413 g/mol. The SMILES string of the molecule is COC(=O)C1Cc2sc3c(c2C1)C(c1ccccc1Cl)=NC=C1N=N[C@@H](C)N13. The summed E-state index contributed by atoms with van der Waals surface area (Å²) < 4.78 is 4.98. The second-order valence-electron chi connectivity index (χ2n) is 6.97. The third-order valence-electron chi connectivity index (χ3n) is 5.33. The molecule has 2 aliphatic heterocycles. The number of carbonyl (C=O) groups excluding carboxylic acids is 1. The van der Waals surface area contributed by atoms with Crippen LogP contribution in [0.1, 0.15) is 28.5 Å². The third kappa shape index (κ3) is 2.53. The van der Waals surface area contributed by atoms with Crippen LogP contribution in [-0.4, -0.2) is 25.0 Å². The van der Waals surface area contributed by atoms with Gasteiger partial charge in [0.2, 0.25) is 0 Å². The molecule has 0 spiro atoms. The Morgan fingerprint density at radius 1 is 1.32 bits per heavy atom. The summed E-state index contributed by atoms with van der Waals surface area (Å²) >= 11 is 8.21. The van der Waals surface area contributed by atoms with Crippen molar-refractivity contribution in [2.75, 3.05) is 12.0 Å². The summed E-state index contributed by atoms with van der Waals surface area (Å²) in [7, 11) is 1.44. The minimum atomic E-state index is -0.166. The Bertz CT molecular complexity index is 1090. The molecule has 142 valence electrons. The highest BCUT2D eigenvalue weighted by atomic mass is 35.5. The quantitative estimate of drug-likeness (QED) is 0.679. The number of benzene rings is 1. The molecule has 2 aromatic rings. The maximum absolute atomic E-state index is 12.1. The molecule has 6 nitrogen and oxygen atoms in total. The molecule has 3 heterocycles. The molecule has 1 unspecified atom stereocenters. The predicted octanol–water partition coefficient (Wildman–Crippen LogP) is 4.56. The molecule has 1 aromatic heterocycles. The van der Waals surface area contributed by atoms with E-state index in [1.54, 1.807) is 17.5 Å². The standard InChI is InChI=1S/C20H17ClN4O2S/c1-10-23-24-16-9-22-18(12-5-3-4-6-14(12)21)17-13-7-11(20(26)27-2)8-15(13)28-19(17)25(10)16/h3-6,9-11H,7-8H2,1-2H3/t10-,11?/m1/s1. The molecule has 0 bridgehead atoms. The van der Waals surface area contributed by atoms with Crippen molar-refractivity contribution >= 4 is 39.6 Å². The Morgan fingerprint density at radius 2 is 2.14 bits per heavy atom. The van der Waals surface area contributed by atoms with Crippen LogP contribution in [0.4, 0.5) is 5.00 Å². The fraction of sp³-hybridized carbons (Fsp3) is 0.300. The van der Waals surface area contributed by atoms with E-state index in [0.717, 1.165) is 33.2 Å². The van der Waals surface area contributed by atoms with Crippen LogP contribution < -0.4 is 4.90 Å². The van der Waals surface area contributed by atoms with Crippen LogP contribution in [-0.2, 0) is 22.4 Å². The summed E-state index contributed by atoms with van der Waals surface area (Å²) in [6, 6.07) is 7.70. The molecule has 2 atom stereocenters. The van der Waals surface area contributed by atoms with Crippen LogP contribution in [0, 0.1) is 5.92 Å². The summed E-state index contributed by atoms with van der Waals surface area (Å²) in [5.74, 6) is 0.408. The molecule has 1 aliphatic carbocycles. The lowest BCUT2D eigenvalue weighted by Crippen LogP contribution is -2.26. The number of methoxy groups -OCH3 is 1. The molecule has 0 radical (unpaired) electrons. The van der Waals surface area contributed by atoms with Crippen molar-refractivity contribution in [1.29, 1.82) is 0 Å². The molecular formula is C20H17ClN4O2S. The molecule has 8 heteroatoms. The van der Waals surface area contributed by atoms with Gasteiger partial charge in [-0.25, -0.2) is 0 Å². The fourth-order valence-corrected chi connectivity index (χ4v) is 5.73. The lowest BCUT2D eigenvalue weighted by molar-refractivity contribution is -0.145. The number of hydrogen-bond donors (Lipinski definition) is 0. The van der Waals surface area contributed by atoms with Gasteiger partial charge in [-0.1, -0.05) is 29.8 Å². The van der Waals surface area contributed by atoms with Gasteiger partial charge in [-0.05, 0) is 31.4 Å². The summed E-state index contributed by atoms with van der Waals surface area (Å²) in [6.45, 7) is 2.01. The lowest BCUT2D eigenvalue weighted by atomic mass is 9.97. The average Bonchev–Trinajstić information content (AvgIpc) is 3.33. The van der Waals surface area contributed by atoms with Crippen molar-refractivity contribution in [2.24, 2.45) is 21.1 Å². The topological polar surface area (TPSA) is 66.6 Å². The van der Waals surface area contributed by atoms with E-state index in [-0.39, 0.29) is 18.1 Å². The van der Waals surface area contributed by atoms with E-state index in [2.05, 4.69) is 15.1 Å². The number of aliphatic imine (C=N–C) groups is 1. The van der Waals surface area contributed by atoms with Gasteiger partial charge in [-0.3, -0.25) is 14.7 Å². The second kappa shape index (κ2) is 6.53. The van der Waals surface area contributed by atoms with Gasteiger partial charge in [-0.2, -0.15) is 5.11 Å². The highest BCUT2D eigenvalue weighted by Crippen LogP contribution is 2.48. The van der Waals surface area contributed by atoms with Gasteiger partial charge in [0.05, 0.1) is 24.9 Å².